The molecular weight excluding hydrogens is 258 g/mol. The maximum absolute atomic E-state index is 5.34. The van der Waals surface area contributed by atoms with Crippen LogP contribution in [0.25, 0.3) is 11.2 Å². The van der Waals surface area contributed by atoms with Crippen molar-refractivity contribution in [2.45, 2.75) is 6.54 Å². The van der Waals surface area contributed by atoms with Gasteiger partial charge in [-0.15, -0.1) is 0 Å². The summed E-state index contributed by atoms with van der Waals surface area (Å²) in [7, 11) is 1.66. The molecule has 4 nitrogen and oxygen atoms in total. The zero-order valence-corrected chi connectivity index (χ0v) is 11.3. The van der Waals surface area contributed by atoms with Crippen molar-refractivity contribution in [3.05, 3.63) is 52.9 Å². The third-order valence-electron chi connectivity index (χ3n) is 3.03. The normalized spacial score (nSPS) is 10.8. The molecule has 0 bridgehead atoms. The van der Waals surface area contributed by atoms with E-state index in [4.69, 9.17) is 17.0 Å². The Hall–Kier alpha value is -2.14. The van der Waals surface area contributed by atoms with Crippen LogP contribution in [0.3, 0.4) is 0 Å². The molecule has 0 unspecified atom stereocenters. The predicted octanol–water partition coefficient (Wildman–Crippen LogP) is 3.15. The van der Waals surface area contributed by atoms with Crippen LogP contribution in [0.15, 0.2) is 42.6 Å². The van der Waals surface area contributed by atoms with Crippen molar-refractivity contribution in [2.75, 3.05) is 7.11 Å². The largest absolute Gasteiger partial charge is 0.497 e. The molecule has 0 radical (unpaired) electrons. The Morgan fingerprint density at radius 1 is 1.26 bits per heavy atom. The van der Waals surface area contributed by atoms with Gasteiger partial charge in [-0.05, 0) is 42.0 Å². The second-order valence-corrected chi connectivity index (χ2v) is 4.63. The number of hydrogen-bond acceptors (Lipinski definition) is 3. The molecule has 1 N–H and O–H groups in total. The highest BCUT2D eigenvalue weighted by Crippen LogP contribution is 2.16. The summed E-state index contributed by atoms with van der Waals surface area (Å²) in [5.74, 6) is 0.851. The Morgan fingerprint density at radius 3 is 2.79 bits per heavy atom. The van der Waals surface area contributed by atoms with Crippen LogP contribution < -0.4 is 4.74 Å². The fraction of sp³-hybridized carbons (Fsp3) is 0.143. The van der Waals surface area contributed by atoms with E-state index in [0.29, 0.717) is 11.3 Å². The Balaban J connectivity index is 2.00. The van der Waals surface area contributed by atoms with Gasteiger partial charge < -0.3 is 9.72 Å². The number of methoxy groups -OCH3 is 1. The van der Waals surface area contributed by atoms with Gasteiger partial charge in [0.05, 0.1) is 19.2 Å². The summed E-state index contributed by atoms with van der Waals surface area (Å²) in [5.41, 5.74) is 2.99. The number of rotatable bonds is 3. The zero-order valence-electron chi connectivity index (χ0n) is 10.5. The molecule has 3 aromatic rings. The molecule has 0 aliphatic rings. The summed E-state index contributed by atoms with van der Waals surface area (Å²) < 4.78 is 7.83. The second kappa shape index (κ2) is 4.85. The number of benzene rings is 1. The van der Waals surface area contributed by atoms with E-state index >= 15 is 0 Å². The first-order valence-corrected chi connectivity index (χ1v) is 6.35. The van der Waals surface area contributed by atoms with Crippen molar-refractivity contribution in [3.8, 4) is 5.75 Å². The summed E-state index contributed by atoms with van der Waals surface area (Å²) in [6.45, 7) is 0.694. The minimum Gasteiger partial charge on any atom is -0.497 e. The first-order valence-electron chi connectivity index (χ1n) is 5.94. The van der Waals surface area contributed by atoms with E-state index in [1.165, 1.54) is 0 Å². The summed E-state index contributed by atoms with van der Waals surface area (Å²) in [4.78, 5) is 7.53. The number of aromatic nitrogens is 3. The molecule has 0 aliphatic heterocycles. The van der Waals surface area contributed by atoms with E-state index in [1.54, 1.807) is 13.3 Å². The molecule has 19 heavy (non-hydrogen) atoms. The fourth-order valence-corrected chi connectivity index (χ4v) is 2.31. The third kappa shape index (κ3) is 2.24. The number of nitrogens with zero attached hydrogens (tertiary/aromatic N) is 2. The van der Waals surface area contributed by atoms with E-state index in [1.807, 2.05) is 41.0 Å². The molecule has 0 amide bonds. The lowest BCUT2D eigenvalue weighted by atomic mass is 10.2. The van der Waals surface area contributed by atoms with Crippen LogP contribution in [0.4, 0.5) is 0 Å². The van der Waals surface area contributed by atoms with Gasteiger partial charge in [0.2, 0.25) is 0 Å². The standard InChI is InChI=1S/C14H13N3OS/c1-18-11-6-4-10(5-7-11)9-17-13-12(16-14(17)19)3-2-8-15-13/h2-8H,9H2,1H3,(H,16,19). The Bertz CT molecular complexity index is 758. The topological polar surface area (TPSA) is 42.8 Å². The lowest BCUT2D eigenvalue weighted by molar-refractivity contribution is 0.414. The van der Waals surface area contributed by atoms with Crippen molar-refractivity contribution in [3.63, 3.8) is 0 Å². The van der Waals surface area contributed by atoms with Crippen LogP contribution in [0.5, 0.6) is 5.75 Å². The Kier molecular flexibility index (Phi) is 3.05. The number of nitrogens with one attached hydrogen (secondary N) is 1. The Labute approximate surface area is 115 Å². The number of fused-ring (bicyclic) bond motifs is 1. The smallest absolute Gasteiger partial charge is 0.179 e. The van der Waals surface area contributed by atoms with Crippen molar-refractivity contribution < 1.29 is 4.74 Å². The van der Waals surface area contributed by atoms with Crippen molar-refractivity contribution >= 4 is 23.4 Å². The minimum atomic E-state index is 0.685. The van der Waals surface area contributed by atoms with Gasteiger partial charge >= 0.3 is 0 Å². The highest BCUT2D eigenvalue weighted by molar-refractivity contribution is 7.71. The molecule has 0 atom stereocenters. The summed E-state index contributed by atoms with van der Waals surface area (Å²) in [6.07, 6.45) is 1.77. The van der Waals surface area contributed by atoms with Gasteiger partial charge in [-0.2, -0.15) is 0 Å². The van der Waals surface area contributed by atoms with Gasteiger partial charge in [0.25, 0.3) is 0 Å². The number of pyridine rings is 1. The highest BCUT2D eigenvalue weighted by atomic mass is 32.1. The van der Waals surface area contributed by atoms with Crippen LogP contribution in [0.1, 0.15) is 5.56 Å². The van der Waals surface area contributed by atoms with Crippen molar-refractivity contribution in [2.24, 2.45) is 0 Å². The van der Waals surface area contributed by atoms with Crippen LogP contribution in [0.2, 0.25) is 0 Å². The number of hydrogen-bond donors (Lipinski definition) is 1. The van der Waals surface area contributed by atoms with Gasteiger partial charge in [-0.3, -0.25) is 4.57 Å². The average molecular weight is 271 g/mol. The van der Waals surface area contributed by atoms with E-state index in [-0.39, 0.29) is 0 Å². The zero-order chi connectivity index (χ0) is 13.2. The van der Waals surface area contributed by atoms with Gasteiger partial charge in [0.15, 0.2) is 10.4 Å². The van der Waals surface area contributed by atoms with E-state index < -0.39 is 0 Å². The lowest BCUT2D eigenvalue weighted by Crippen LogP contribution is -2.00. The quantitative estimate of drug-likeness (QED) is 0.744. The van der Waals surface area contributed by atoms with Crippen LogP contribution in [-0.4, -0.2) is 21.6 Å². The number of aromatic amines is 1. The van der Waals surface area contributed by atoms with Gasteiger partial charge in [-0.25, -0.2) is 4.98 Å². The molecule has 0 saturated carbocycles. The minimum absolute atomic E-state index is 0.685. The van der Waals surface area contributed by atoms with Crippen molar-refractivity contribution in [1.29, 1.82) is 0 Å². The van der Waals surface area contributed by atoms with Gasteiger partial charge in [-0.1, -0.05) is 12.1 Å². The summed E-state index contributed by atoms with van der Waals surface area (Å²) in [6, 6.07) is 11.8. The molecule has 0 saturated heterocycles. The molecule has 5 heteroatoms. The lowest BCUT2D eigenvalue weighted by Gasteiger charge is -2.05. The summed E-state index contributed by atoms with van der Waals surface area (Å²) >= 11 is 5.34. The van der Waals surface area contributed by atoms with Crippen LogP contribution >= 0.6 is 12.2 Å². The van der Waals surface area contributed by atoms with E-state index in [9.17, 15) is 0 Å². The number of H-pyrrole nitrogens is 1. The van der Waals surface area contributed by atoms with Gasteiger partial charge in [0.1, 0.15) is 5.75 Å². The molecule has 96 valence electrons. The molecule has 0 aliphatic carbocycles. The highest BCUT2D eigenvalue weighted by Gasteiger charge is 2.05. The summed E-state index contributed by atoms with van der Waals surface area (Å²) in [5, 5.41) is 0. The molecule has 3 rings (SSSR count). The van der Waals surface area contributed by atoms with E-state index in [0.717, 1.165) is 22.5 Å². The molecule has 2 heterocycles. The first kappa shape index (κ1) is 11.9. The van der Waals surface area contributed by atoms with Crippen LogP contribution in [0, 0.1) is 4.77 Å². The van der Waals surface area contributed by atoms with Gasteiger partial charge in [0, 0.05) is 6.20 Å². The molecule has 2 aromatic heterocycles. The monoisotopic (exact) mass is 271 g/mol. The maximum Gasteiger partial charge on any atom is 0.179 e. The number of ether oxygens (including phenoxy) is 1. The second-order valence-electron chi connectivity index (χ2n) is 4.24. The Morgan fingerprint density at radius 2 is 2.05 bits per heavy atom. The fourth-order valence-electron chi connectivity index (χ4n) is 2.05. The van der Waals surface area contributed by atoms with Crippen LogP contribution in [-0.2, 0) is 6.54 Å². The predicted molar refractivity (Wildman–Crippen MR) is 77.0 cm³/mol. The average Bonchev–Trinajstić information content (AvgIpc) is 2.76. The number of imidazole rings is 1. The molecule has 1 aromatic carbocycles. The SMILES string of the molecule is COc1ccc(Cn2c(=S)[nH]c3cccnc32)cc1. The maximum atomic E-state index is 5.34. The molecular formula is C14H13N3OS. The van der Waals surface area contributed by atoms with E-state index in [2.05, 4.69) is 9.97 Å². The van der Waals surface area contributed by atoms with Crippen molar-refractivity contribution in [1.82, 2.24) is 14.5 Å². The first-order chi connectivity index (χ1) is 9.28. The third-order valence-corrected chi connectivity index (χ3v) is 3.35. The molecule has 0 spiro atoms. The molecule has 0 fully saturated rings.